The number of ketones is 1. The quantitative estimate of drug-likeness (QED) is 0.774. The number of nitrogens with zero attached hydrogens (tertiary/aromatic N) is 1. The van der Waals surface area contributed by atoms with Crippen molar-refractivity contribution in [3.63, 3.8) is 0 Å². The van der Waals surface area contributed by atoms with Crippen LogP contribution in [0.3, 0.4) is 0 Å². The van der Waals surface area contributed by atoms with Gasteiger partial charge in [0, 0.05) is 35.8 Å². The van der Waals surface area contributed by atoms with E-state index in [9.17, 15) is 14.4 Å². The Bertz CT molecular complexity index is 864. The number of benzene rings is 2. The zero-order valence-corrected chi connectivity index (χ0v) is 15.8. The average molecular weight is 385 g/mol. The summed E-state index contributed by atoms with van der Waals surface area (Å²) in [6, 6.07) is 14.3. The van der Waals surface area contributed by atoms with Crippen LogP contribution in [0.15, 0.2) is 48.5 Å². The molecular weight excluding hydrogens is 364 g/mol. The van der Waals surface area contributed by atoms with Crippen LogP contribution in [-0.4, -0.2) is 35.6 Å². The molecule has 1 aliphatic heterocycles. The first-order chi connectivity index (χ1) is 12.9. The molecule has 2 aromatic carbocycles. The van der Waals surface area contributed by atoms with Crippen molar-refractivity contribution < 1.29 is 14.4 Å². The van der Waals surface area contributed by atoms with Crippen molar-refractivity contribution >= 4 is 34.9 Å². The summed E-state index contributed by atoms with van der Waals surface area (Å²) in [6.07, 6.45) is 0.927. The van der Waals surface area contributed by atoms with Crippen LogP contribution in [0.4, 0.5) is 5.69 Å². The van der Waals surface area contributed by atoms with Crippen molar-refractivity contribution in [2.75, 3.05) is 18.4 Å². The SMILES string of the molecule is CC(=O)c1cccc(NC(=O)C2CC(=O)N(CCc3ccc(Cl)cc3)C2)c1. The molecule has 5 nitrogen and oxygen atoms in total. The third kappa shape index (κ3) is 4.95. The van der Waals surface area contributed by atoms with E-state index in [1.165, 1.54) is 6.92 Å². The fourth-order valence-corrected chi connectivity index (χ4v) is 3.27. The van der Waals surface area contributed by atoms with E-state index < -0.39 is 0 Å². The highest BCUT2D eigenvalue weighted by atomic mass is 35.5. The van der Waals surface area contributed by atoms with Gasteiger partial charge in [-0.05, 0) is 43.2 Å². The minimum atomic E-state index is -0.385. The predicted octanol–water partition coefficient (Wildman–Crippen LogP) is 3.57. The fourth-order valence-electron chi connectivity index (χ4n) is 3.14. The Balaban J connectivity index is 1.56. The first-order valence-corrected chi connectivity index (χ1v) is 9.24. The minimum absolute atomic E-state index is 0.0124. The van der Waals surface area contributed by atoms with Crippen molar-refractivity contribution in [3.05, 3.63) is 64.7 Å². The van der Waals surface area contributed by atoms with Crippen molar-refractivity contribution in [3.8, 4) is 0 Å². The van der Waals surface area contributed by atoms with E-state index in [0.29, 0.717) is 29.4 Å². The Labute approximate surface area is 163 Å². The van der Waals surface area contributed by atoms with Gasteiger partial charge in [0.15, 0.2) is 5.78 Å². The molecule has 1 N–H and O–H groups in total. The lowest BCUT2D eigenvalue weighted by molar-refractivity contribution is -0.128. The maximum Gasteiger partial charge on any atom is 0.229 e. The van der Waals surface area contributed by atoms with Gasteiger partial charge in [-0.1, -0.05) is 35.9 Å². The number of anilines is 1. The summed E-state index contributed by atoms with van der Waals surface area (Å²) in [5.74, 6) is -0.654. The molecule has 0 bridgehead atoms. The van der Waals surface area contributed by atoms with Gasteiger partial charge < -0.3 is 10.2 Å². The standard InChI is InChI=1S/C21H21ClN2O3/c1-14(25)16-3-2-4-19(11-16)23-21(27)17-12-20(26)24(13-17)10-9-15-5-7-18(22)8-6-15/h2-8,11,17H,9-10,12-13H2,1H3,(H,23,27). The average Bonchev–Trinajstić information content (AvgIpc) is 3.02. The number of hydrogen-bond acceptors (Lipinski definition) is 3. The van der Waals surface area contributed by atoms with Crippen molar-refractivity contribution in [1.29, 1.82) is 0 Å². The zero-order chi connectivity index (χ0) is 19.4. The van der Waals surface area contributed by atoms with Gasteiger partial charge in [-0.15, -0.1) is 0 Å². The number of amides is 2. The third-order valence-electron chi connectivity index (χ3n) is 4.71. The van der Waals surface area contributed by atoms with Gasteiger partial charge in [-0.3, -0.25) is 14.4 Å². The van der Waals surface area contributed by atoms with Crippen LogP contribution >= 0.6 is 11.6 Å². The molecule has 1 atom stereocenters. The van der Waals surface area contributed by atoms with Gasteiger partial charge in [0.1, 0.15) is 0 Å². The lowest BCUT2D eigenvalue weighted by Gasteiger charge is -2.16. The maximum absolute atomic E-state index is 12.5. The summed E-state index contributed by atoms with van der Waals surface area (Å²) in [5.41, 5.74) is 2.21. The van der Waals surface area contributed by atoms with Crippen LogP contribution in [0.2, 0.25) is 5.02 Å². The number of rotatable bonds is 6. The molecule has 1 aliphatic rings. The topological polar surface area (TPSA) is 66.5 Å². The van der Waals surface area contributed by atoms with Crippen LogP contribution in [-0.2, 0) is 16.0 Å². The summed E-state index contributed by atoms with van der Waals surface area (Å²) >= 11 is 5.88. The second-order valence-electron chi connectivity index (χ2n) is 6.74. The number of halogens is 1. The van der Waals surface area contributed by atoms with E-state index in [2.05, 4.69) is 5.32 Å². The van der Waals surface area contributed by atoms with E-state index in [4.69, 9.17) is 11.6 Å². The third-order valence-corrected chi connectivity index (χ3v) is 4.96. The Morgan fingerprint density at radius 2 is 1.93 bits per heavy atom. The Hall–Kier alpha value is -2.66. The lowest BCUT2D eigenvalue weighted by Crippen LogP contribution is -2.30. The molecule has 0 spiro atoms. The summed E-state index contributed by atoms with van der Waals surface area (Å²) in [4.78, 5) is 37.9. The van der Waals surface area contributed by atoms with E-state index in [-0.39, 0.29) is 29.9 Å². The van der Waals surface area contributed by atoms with Crippen LogP contribution in [0.5, 0.6) is 0 Å². The number of carbonyl (C=O) groups is 3. The fraction of sp³-hybridized carbons (Fsp3) is 0.286. The van der Waals surface area contributed by atoms with Gasteiger partial charge in [-0.25, -0.2) is 0 Å². The molecule has 0 aliphatic carbocycles. The van der Waals surface area contributed by atoms with E-state index in [0.717, 1.165) is 12.0 Å². The van der Waals surface area contributed by atoms with Gasteiger partial charge in [0.05, 0.1) is 5.92 Å². The number of likely N-dealkylation sites (tertiary alicyclic amines) is 1. The Morgan fingerprint density at radius 3 is 2.63 bits per heavy atom. The first kappa shape index (κ1) is 19.1. The molecule has 6 heteroatoms. The second-order valence-corrected chi connectivity index (χ2v) is 7.18. The Morgan fingerprint density at radius 1 is 1.19 bits per heavy atom. The predicted molar refractivity (Wildman–Crippen MR) is 105 cm³/mol. The molecule has 0 saturated carbocycles. The van der Waals surface area contributed by atoms with E-state index >= 15 is 0 Å². The molecule has 27 heavy (non-hydrogen) atoms. The van der Waals surface area contributed by atoms with E-state index in [1.807, 2.05) is 24.3 Å². The molecule has 2 amide bonds. The highest BCUT2D eigenvalue weighted by Crippen LogP contribution is 2.21. The summed E-state index contributed by atoms with van der Waals surface area (Å²) < 4.78 is 0. The number of carbonyl (C=O) groups excluding carboxylic acids is 3. The highest BCUT2D eigenvalue weighted by Gasteiger charge is 2.34. The molecule has 1 heterocycles. The largest absolute Gasteiger partial charge is 0.342 e. The summed E-state index contributed by atoms with van der Waals surface area (Å²) in [7, 11) is 0. The molecule has 3 rings (SSSR count). The molecule has 1 fully saturated rings. The number of Topliss-reactive ketones (excluding diaryl/α,β-unsaturated/α-hetero) is 1. The summed E-state index contributed by atoms with van der Waals surface area (Å²) in [5, 5.41) is 3.50. The Kier molecular flexibility index (Phi) is 5.91. The molecule has 1 saturated heterocycles. The highest BCUT2D eigenvalue weighted by molar-refractivity contribution is 6.30. The monoisotopic (exact) mass is 384 g/mol. The molecule has 0 radical (unpaired) electrons. The van der Waals surface area contributed by atoms with Crippen molar-refractivity contribution in [1.82, 2.24) is 4.90 Å². The normalized spacial score (nSPS) is 16.4. The smallest absolute Gasteiger partial charge is 0.229 e. The van der Waals surface area contributed by atoms with Crippen LogP contribution in [0, 0.1) is 5.92 Å². The van der Waals surface area contributed by atoms with Gasteiger partial charge in [0.2, 0.25) is 11.8 Å². The van der Waals surface area contributed by atoms with Gasteiger partial charge in [0.25, 0.3) is 0 Å². The van der Waals surface area contributed by atoms with Crippen LogP contribution < -0.4 is 5.32 Å². The molecule has 1 unspecified atom stereocenters. The van der Waals surface area contributed by atoms with Gasteiger partial charge in [-0.2, -0.15) is 0 Å². The maximum atomic E-state index is 12.5. The number of hydrogen-bond donors (Lipinski definition) is 1. The van der Waals surface area contributed by atoms with Crippen LogP contribution in [0.1, 0.15) is 29.3 Å². The molecule has 140 valence electrons. The van der Waals surface area contributed by atoms with Gasteiger partial charge >= 0.3 is 0 Å². The lowest BCUT2D eigenvalue weighted by atomic mass is 10.1. The first-order valence-electron chi connectivity index (χ1n) is 8.86. The van der Waals surface area contributed by atoms with Crippen molar-refractivity contribution in [2.24, 2.45) is 5.92 Å². The minimum Gasteiger partial charge on any atom is -0.342 e. The molecule has 0 aromatic heterocycles. The number of nitrogens with one attached hydrogen (secondary N) is 1. The summed E-state index contributed by atoms with van der Waals surface area (Å²) in [6.45, 7) is 2.46. The van der Waals surface area contributed by atoms with Crippen LogP contribution in [0.25, 0.3) is 0 Å². The second kappa shape index (κ2) is 8.35. The van der Waals surface area contributed by atoms with Crippen molar-refractivity contribution in [2.45, 2.75) is 19.8 Å². The zero-order valence-electron chi connectivity index (χ0n) is 15.1. The van der Waals surface area contributed by atoms with E-state index in [1.54, 1.807) is 29.2 Å². The molecular formula is C21H21ClN2O3. The molecule has 2 aromatic rings.